The highest BCUT2D eigenvalue weighted by Crippen LogP contribution is 2.13. The van der Waals surface area contributed by atoms with Crippen LogP contribution < -0.4 is 5.32 Å². The van der Waals surface area contributed by atoms with Crippen molar-refractivity contribution in [3.8, 4) is 0 Å². The molecule has 6 nitrogen and oxygen atoms in total. The Labute approximate surface area is 100 Å². The Morgan fingerprint density at radius 2 is 2.41 bits per heavy atom. The molecule has 0 aliphatic carbocycles. The van der Waals surface area contributed by atoms with Crippen molar-refractivity contribution in [1.29, 1.82) is 0 Å². The van der Waals surface area contributed by atoms with Crippen LogP contribution in [0.4, 0.5) is 0 Å². The van der Waals surface area contributed by atoms with Gasteiger partial charge >= 0.3 is 0 Å². The van der Waals surface area contributed by atoms with Gasteiger partial charge in [-0.2, -0.15) is 0 Å². The highest BCUT2D eigenvalue weighted by molar-refractivity contribution is 5.80. The minimum atomic E-state index is -0.416. The Bertz CT molecular complexity index is 402. The van der Waals surface area contributed by atoms with Crippen molar-refractivity contribution in [3.63, 3.8) is 0 Å². The number of amides is 1. The third-order valence-corrected chi connectivity index (χ3v) is 2.89. The zero-order valence-corrected chi connectivity index (χ0v) is 10.3. The van der Waals surface area contributed by atoms with Crippen LogP contribution in [0.25, 0.3) is 0 Å². The van der Waals surface area contributed by atoms with Crippen LogP contribution >= 0.6 is 0 Å². The molecule has 0 fully saturated rings. The molecule has 0 saturated carbocycles. The molecule has 2 rings (SSSR count). The fourth-order valence-electron chi connectivity index (χ4n) is 1.98. The van der Waals surface area contributed by atoms with Crippen molar-refractivity contribution in [3.05, 3.63) is 11.6 Å². The summed E-state index contributed by atoms with van der Waals surface area (Å²) >= 11 is 0. The highest BCUT2D eigenvalue weighted by atomic mass is 16.5. The van der Waals surface area contributed by atoms with E-state index in [2.05, 4.69) is 20.1 Å². The quantitative estimate of drug-likeness (QED) is 0.799. The summed E-state index contributed by atoms with van der Waals surface area (Å²) in [7, 11) is 0. The molecule has 0 radical (unpaired) electrons. The normalized spacial score (nSPS) is 15.6. The molecule has 1 aliphatic heterocycles. The summed E-state index contributed by atoms with van der Waals surface area (Å²) in [6.07, 6.45) is 1.68. The monoisotopic (exact) mass is 238 g/mol. The van der Waals surface area contributed by atoms with Crippen molar-refractivity contribution >= 4 is 5.91 Å². The van der Waals surface area contributed by atoms with Gasteiger partial charge in [0.2, 0.25) is 5.91 Å². The van der Waals surface area contributed by atoms with Crippen molar-refractivity contribution in [2.75, 3.05) is 6.61 Å². The van der Waals surface area contributed by atoms with Gasteiger partial charge in [0.05, 0.1) is 6.54 Å². The van der Waals surface area contributed by atoms with E-state index in [0.29, 0.717) is 13.2 Å². The van der Waals surface area contributed by atoms with Gasteiger partial charge in [0.15, 0.2) is 5.82 Å². The Morgan fingerprint density at radius 1 is 1.59 bits per heavy atom. The summed E-state index contributed by atoms with van der Waals surface area (Å²) in [6, 6.07) is 0. The molecule has 1 N–H and O–H groups in total. The smallest absolute Gasteiger partial charge is 0.249 e. The predicted molar refractivity (Wildman–Crippen MR) is 61.3 cm³/mol. The summed E-state index contributed by atoms with van der Waals surface area (Å²) < 4.78 is 7.29. The number of nitrogens with zero attached hydrogens (tertiary/aromatic N) is 3. The SMILES string of the molecule is CCO[C@@H](C)C(=O)NCc1nnc2n1CCC2. The molecule has 0 spiro atoms. The first-order chi connectivity index (χ1) is 8.22. The van der Waals surface area contributed by atoms with E-state index in [1.165, 1.54) is 0 Å². The average Bonchev–Trinajstić information content (AvgIpc) is 2.89. The first kappa shape index (κ1) is 12.0. The Hall–Kier alpha value is -1.43. The fourth-order valence-corrected chi connectivity index (χ4v) is 1.98. The van der Waals surface area contributed by atoms with Gasteiger partial charge in [-0.05, 0) is 20.3 Å². The van der Waals surface area contributed by atoms with E-state index < -0.39 is 6.10 Å². The molecule has 2 heterocycles. The van der Waals surface area contributed by atoms with Gasteiger partial charge in [-0.1, -0.05) is 0 Å². The lowest BCUT2D eigenvalue weighted by molar-refractivity contribution is -0.131. The number of aryl methyl sites for hydroxylation is 1. The number of rotatable bonds is 5. The molecule has 1 aliphatic rings. The van der Waals surface area contributed by atoms with Gasteiger partial charge in [-0.3, -0.25) is 4.79 Å². The number of carbonyl (C=O) groups is 1. The van der Waals surface area contributed by atoms with Crippen LogP contribution in [0.2, 0.25) is 0 Å². The average molecular weight is 238 g/mol. The summed E-state index contributed by atoms with van der Waals surface area (Å²) in [5, 5.41) is 11.0. The van der Waals surface area contributed by atoms with E-state index in [9.17, 15) is 4.79 Å². The molecular formula is C11H18N4O2. The molecule has 1 aromatic rings. The second-order valence-corrected chi connectivity index (χ2v) is 4.10. The number of aromatic nitrogens is 3. The minimum Gasteiger partial charge on any atom is -0.369 e. The van der Waals surface area contributed by atoms with Gasteiger partial charge < -0.3 is 14.6 Å². The van der Waals surface area contributed by atoms with Crippen LogP contribution in [0.15, 0.2) is 0 Å². The molecule has 94 valence electrons. The van der Waals surface area contributed by atoms with Crippen molar-refractivity contribution in [2.45, 2.75) is 45.9 Å². The topological polar surface area (TPSA) is 69.0 Å². The van der Waals surface area contributed by atoms with E-state index in [4.69, 9.17) is 4.74 Å². The van der Waals surface area contributed by atoms with E-state index in [1.807, 2.05) is 6.92 Å². The Morgan fingerprint density at radius 3 is 3.18 bits per heavy atom. The zero-order valence-electron chi connectivity index (χ0n) is 10.3. The standard InChI is InChI=1S/C11H18N4O2/c1-3-17-8(2)11(16)12-7-10-14-13-9-5-4-6-15(9)10/h8H,3-7H2,1-2H3,(H,12,16)/t8-/m0/s1. The second-order valence-electron chi connectivity index (χ2n) is 4.10. The maximum Gasteiger partial charge on any atom is 0.249 e. The molecule has 1 aromatic heterocycles. The van der Waals surface area contributed by atoms with Crippen LogP contribution in [0, 0.1) is 0 Å². The van der Waals surface area contributed by atoms with Gasteiger partial charge in [-0.25, -0.2) is 0 Å². The number of nitrogens with one attached hydrogen (secondary N) is 1. The summed E-state index contributed by atoms with van der Waals surface area (Å²) in [5.74, 6) is 1.74. The number of fused-ring (bicyclic) bond motifs is 1. The maximum atomic E-state index is 11.6. The number of ether oxygens (including phenoxy) is 1. The second kappa shape index (κ2) is 5.27. The van der Waals surface area contributed by atoms with Crippen LogP contribution in [0.3, 0.4) is 0 Å². The Kier molecular flexibility index (Phi) is 3.73. The van der Waals surface area contributed by atoms with Gasteiger partial charge in [0.1, 0.15) is 11.9 Å². The van der Waals surface area contributed by atoms with E-state index in [0.717, 1.165) is 31.0 Å². The number of carbonyl (C=O) groups excluding carboxylic acids is 1. The van der Waals surface area contributed by atoms with Crippen LogP contribution in [0.1, 0.15) is 31.9 Å². The van der Waals surface area contributed by atoms with Crippen LogP contribution in [-0.2, 0) is 29.0 Å². The lowest BCUT2D eigenvalue weighted by Gasteiger charge is -2.11. The van der Waals surface area contributed by atoms with Crippen molar-refractivity contribution in [1.82, 2.24) is 20.1 Å². The third kappa shape index (κ3) is 2.63. The molecule has 1 amide bonds. The van der Waals surface area contributed by atoms with Crippen molar-refractivity contribution < 1.29 is 9.53 Å². The lowest BCUT2D eigenvalue weighted by atomic mass is 10.3. The fraction of sp³-hybridized carbons (Fsp3) is 0.727. The van der Waals surface area contributed by atoms with Crippen LogP contribution in [0.5, 0.6) is 0 Å². The maximum absolute atomic E-state index is 11.6. The lowest BCUT2D eigenvalue weighted by Crippen LogP contribution is -2.34. The number of hydrogen-bond donors (Lipinski definition) is 1. The van der Waals surface area contributed by atoms with Gasteiger partial charge in [0.25, 0.3) is 0 Å². The third-order valence-electron chi connectivity index (χ3n) is 2.89. The molecule has 17 heavy (non-hydrogen) atoms. The van der Waals surface area contributed by atoms with Gasteiger partial charge in [0, 0.05) is 19.6 Å². The van der Waals surface area contributed by atoms with E-state index >= 15 is 0 Å². The molecule has 0 unspecified atom stereocenters. The number of hydrogen-bond acceptors (Lipinski definition) is 4. The highest BCUT2D eigenvalue weighted by Gasteiger charge is 2.18. The Balaban J connectivity index is 1.87. The molecule has 0 aromatic carbocycles. The molecule has 6 heteroatoms. The van der Waals surface area contributed by atoms with E-state index in [1.54, 1.807) is 6.92 Å². The molecular weight excluding hydrogens is 220 g/mol. The first-order valence-corrected chi connectivity index (χ1v) is 6.02. The first-order valence-electron chi connectivity index (χ1n) is 6.02. The summed E-state index contributed by atoms with van der Waals surface area (Å²) in [6.45, 7) is 5.52. The summed E-state index contributed by atoms with van der Waals surface area (Å²) in [5.41, 5.74) is 0. The van der Waals surface area contributed by atoms with Gasteiger partial charge in [-0.15, -0.1) is 10.2 Å². The molecule has 1 atom stereocenters. The zero-order chi connectivity index (χ0) is 12.3. The van der Waals surface area contributed by atoms with E-state index in [-0.39, 0.29) is 5.91 Å². The predicted octanol–water partition coefficient (Wildman–Crippen LogP) is 0.265. The molecule has 0 bridgehead atoms. The summed E-state index contributed by atoms with van der Waals surface area (Å²) in [4.78, 5) is 11.6. The largest absolute Gasteiger partial charge is 0.369 e. The van der Waals surface area contributed by atoms with Crippen LogP contribution in [-0.4, -0.2) is 33.4 Å². The van der Waals surface area contributed by atoms with Crippen molar-refractivity contribution in [2.24, 2.45) is 0 Å². The minimum absolute atomic E-state index is 0.109. The molecule has 0 saturated heterocycles.